The number of guanidine groups is 1. The maximum absolute atomic E-state index is 4.53. The van der Waals surface area contributed by atoms with Crippen molar-refractivity contribution >= 4 is 23.5 Å². The number of aliphatic imine (C=N–C) groups is 1. The summed E-state index contributed by atoms with van der Waals surface area (Å²) in [6, 6.07) is 14.9. The van der Waals surface area contributed by atoms with E-state index in [0.717, 1.165) is 38.0 Å². The van der Waals surface area contributed by atoms with E-state index in [0.29, 0.717) is 4.75 Å². The molecule has 1 aromatic heterocycles. The monoisotopic (exact) mass is 395 g/mol. The predicted molar refractivity (Wildman–Crippen MR) is 118 cm³/mol. The Hall–Kier alpha value is -2.21. The van der Waals surface area contributed by atoms with Gasteiger partial charge >= 0.3 is 0 Å². The molecule has 2 N–H and O–H groups in total. The molecule has 1 aliphatic heterocycles. The average Bonchev–Trinajstić information content (AvgIpc) is 3.27. The van der Waals surface area contributed by atoms with Gasteiger partial charge in [-0.3, -0.25) is 4.99 Å². The summed E-state index contributed by atoms with van der Waals surface area (Å²) in [4.78, 5) is 12.6. The van der Waals surface area contributed by atoms with E-state index in [4.69, 9.17) is 0 Å². The molecule has 0 amide bonds. The molecule has 1 aliphatic carbocycles. The molecule has 28 heavy (non-hydrogen) atoms. The number of hydrogen-bond donors (Lipinski definition) is 2. The fourth-order valence-corrected chi connectivity index (χ4v) is 4.78. The van der Waals surface area contributed by atoms with Crippen LogP contribution in [0.25, 0.3) is 0 Å². The Morgan fingerprint density at radius 3 is 2.64 bits per heavy atom. The number of pyridine rings is 1. The van der Waals surface area contributed by atoms with Crippen LogP contribution in [0.4, 0.5) is 5.82 Å². The van der Waals surface area contributed by atoms with Gasteiger partial charge in [0.25, 0.3) is 0 Å². The highest BCUT2D eigenvalue weighted by atomic mass is 32.2. The fraction of sp³-hybridized carbons (Fsp3) is 0.455. The maximum Gasteiger partial charge on any atom is 0.191 e. The van der Waals surface area contributed by atoms with Crippen LogP contribution in [-0.4, -0.2) is 42.4 Å². The van der Waals surface area contributed by atoms with Gasteiger partial charge in [0.15, 0.2) is 5.96 Å². The minimum absolute atomic E-state index is 0.304. The van der Waals surface area contributed by atoms with Crippen molar-refractivity contribution in [2.45, 2.75) is 41.9 Å². The molecule has 2 fully saturated rings. The maximum atomic E-state index is 4.53. The Morgan fingerprint density at radius 1 is 1.14 bits per heavy atom. The third-order valence-corrected chi connectivity index (χ3v) is 6.88. The SMILES string of the molecule is CN=C(NCc1ccnc(N2CCCC2)c1)NCC1(Sc2ccccc2)CC1. The summed E-state index contributed by atoms with van der Waals surface area (Å²) in [6.45, 7) is 3.92. The topological polar surface area (TPSA) is 52.6 Å². The molecular formula is C22H29N5S. The van der Waals surface area contributed by atoms with E-state index in [2.05, 4.69) is 68.0 Å². The number of hydrogen-bond acceptors (Lipinski definition) is 4. The molecule has 1 aromatic carbocycles. The van der Waals surface area contributed by atoms with Gasteiger partial charge in [-0.15, -0.1) is 11.8 Å². The van der Waals surface area contributed by atoms with Crippen molar-refractivity contribution in [1.29, 1.82) is 0 Å². The lowest BCUT2D eigenvalue weighted by atomic mass is 10.2. The molecule has 0 bridgehead atoms. The van der Waals surface area contributed by atoms with Crippen molar-refractivity contribution in [3.05, 3.63) is 54.2 Å². The van der Waals surface area contributed by atoms with Gasteiger partial charge in [0.1, 0.15) is 5.82 Å². The third kappa shape index (κ3) is 4.98. The lowest BCUT2D eigenvalue weighted by Crippen LogP contribution is -2.40. The van der Waals surface area contributed by atoms with Crippen LogP contribution in [0.5, 0.6) is 0 Å². The van der Waals surface area contributed by atoms with Crippen molar-refractivity contribution in [3.63, 3.8) is 0 Å². The largest absolute Gasteiger partial charge is 0.357 e. The zero-order valence-corrected chi connectivity index (χ0v) is 17.3. The zero-order chi connectivity index (χ0) is 19.2. The molecule has 0 spiro atoms. The molecule has 5 nitrogen and oxygen atoms in total. The molecule has 0 atom stereocenters. The van der Waals surface area contributed by atoms with Crippen LogP contribution in [0.15, 0.2) is 58.5 Å². The van der Waals surface area contributed by atoms with Crippen LogP contribution in [0.3, 0.4) is 0 Å². The van der Waals surface area contributed by atoms with Gasteiger partial charge in [-0.05, 0) is 55.5 Å². The Morgan fingerprint density at radius 2 is 1.93 bits per heavy atom. The number of aromatic nitrogens is 1. The normalized spacial score (nSPS) is 18.2. The number of rotatable bonds is 7. The van der Waals surface area contributed by atoms with Gasteiger partial charge in [-0.25, -0.2) is 4.98 Å². The van der Waals surface area contributed by atoms with Crippen LogP contribution in [-0.2, 0) is 6.54 Å². The first-order valence-corrected chi connectivity index (χ1v) is 11.0. The predicted octanol–water partition coefficient (Wildman–Crippen LogP) is 3.67. The smallest absolute Gasteiger partial charge is 0.191 e. The van der Waals surface area contributed by atoms with Crippen molar-refractivity contribution in [1.82, 2.24) is 15.6 Å². The molecule has 4 rings (SSSR count). The summed E-state index contributed by atoms with van der Waals surface area (Å²) in [5, 5.41) is 6.98. The molecule has 1 saturated heterocycles. The molecule has 6 heteroatoms. The standard InChI is InChI=1S/C22H29N5S/c1-23-21(26-17-22(10-11-22)28-19-7-3-2-4-8-19)25-16-18-9-12-24-20(15-18)27-13-5-6-14-27/h2-4,7-9,12,15H,5-6,10-11,13-14,16-17H2,1H3,(H2,23,25,26). The second-order valence-electron chi connectivity index (χ2n) is 7.59. The van der Waals surface area contributed by atoms with Crippen molar-refractivity contribution in [2.75, 3.05) is 31.6 Å². The van der Waals surface area contributed by atoms with Gasteiger partial charge in [-0.1, -0.05) is 18.2 Å². The molecule has 2 aliphatic rings. The van der Waals surface area contributed by atoms with E-state index in [1.54, 1.807) is 0 Å². The van der Waals surface area contributed by atoms with E-state index in [1.165, 1.54) is 36.1 Å². The lowest BCUT2D eigenvalue weighted by molar-refractivity contribution is 0.765. The van der Waals surface area contributed by atoms with Gasteiger partial charge in [0, 0.05) is 49.1 Å². The van der Waals surface area contributed by atoms with E-state index in [-0.39, 0.29) is 0 Å². The molecule has 2 heterocycles. The minimum atomic E-state index is 0.304. The highest BCUT2D eigenvalue weighted by Crippen LogP contribution is 2.51. The van der Waals surface area contributed by atoms with Crippen molar-refractivity contribution in [3.8, 4) is 0 Å². The molecule has 2 aromatic rings. The molecule has 1 saturated carbocycles. The Balaban J connectivity index is 1.28. The quantitative estimate of drug-likeness (QED) is 0.553. The van der Waals surface area contributed by atoms with Crippen LogP contribution in [0.1, 0.15) is 31.2 Å². The van der Waals surface area contributed by atoms with Gasteiger partial charge in [-0.2, -0.15) is 0 Å². The first-order chi connectivity index (χ1) is 13.8. The number of anilines is 1. The summed E-state index contributed by atoms with van der Waals surface area (Å²) in [7, 11) is 1.83. The summed E-state index contributed by atoms with van der Waals surface area (Å²) in [5.74, 6) is 1.95. The van der Waals surface area contributed by atoms with E-state index in [9.17, 15) is 0 Å². The summed E-state index contributed by atoms with van der Waals surface area (Å²) in [6.07, 6.45) is 6.95. The average molecular weight is 396 g/mol. The first-order valence-electron chi connectivity index (χ1n) is 10.1. The molecule has 0 radical (unpaired) electrons. The van der Waals surface area contributed by atoms with E-state index >= 15 is 0 Å². The second kappa shape index (κ2) is 8.86. The van der Waals surface area contributed by atoms with Gasteiger partial charge < -0.3 is 15.5 Å². The molecule has 0 unspecified atom stereocenters. The van der Waals surface area contributed by atoms with Gasteiger partial charge in [0.2, 0.25) is 0 Å². The Kier molecular flexibility index (Phi) is 6.05. The molecule has 148 valence electrons. The Labute approximate surface area is 172 Å². The highest BCUT2D eigenvalue weighted by molar-refractivity contribution is 8.01. The van der Waals surface area contributed by atoms with Crippen LogP contribution in [0.2, 0.25) is 0 Å². The summed E-state index contributed by atoms with van der Waals surface area (Å²) in [5.41, 5.74) is 1.24. The van der Waals surface area contributed by atoms with Crippen LogP contribution < -0.4 is 15.5 Å². The second-order valence-corrected chi connectivity index (χ2v) is 9.14. The first kappa shape index (κ1) is 19.1. The lowest BCUT2D eigenvalue weighted by Gasteiger charge is -2.19. The highest BCUT2D eigenvalue weighted by Gasteiger charge is 2.43. The van der Waals surface area contributed by atoms with Crippen LogP contribution >= 0.6 is 11.8 Å². The fourth-order valence-electron chi connectivity index (χ4n) is 3.53. The third-order valence-electron chi connectivity index (χ3n) is 5.39. The number of nitrogens with zero attached hydrogens (tertiary/aromatic N) is 3. The number of nitrogens with one attached hydrogen (secondary N) is 2. The zero-order valence-electron chi connectivity index (χ0n) is 16.5. The Bertz CT molecular complexity index is 798. The number of thioether (sulfide) groups is 1. The summed E-state index contributed by atoms with van der Waals surface area (Å²) < 4.78 is 0.304. The van der Waals surface area contributed by atoms with Gasteiger partial charge in [0.05, 0.1) is 0 Å². The number of benzene rings is 1. The van der Waals surface area contributed by atoms with E-state index in [1.807, 2.05) is 25.0 Å². The van der Waals surface area contributed by atoms with Crippen molar-refractivity contribution in [2.24, 2.45) is 4.99 Å². The molecular weight excluding hydrogens is 366 g/mol. The van der Waals surface area contributed by atoms with Crippen LogP contribution in [0, 0.1) is 0 Å². The summed E-state index contributed by atoms with van der Waals surface area (Å²) >= 11 is 1.98. The van der Waals surface area contributed by atoms with Crippen molar-refractivity contribution < 1.29 is 0 Å². The van der Waals surface area contributed by atoms with E-state index < -0.39 is 0 Å². The minimum Gasteiger partial charge on any atom is -0.357 e.